The molecule has 0 aliphatic rings. The van der Waals surface area contributed by atoms with Gasteiger partial charge in [0.1, 0.15) is 12.7 Å². The molecule has 12 nitrogen and oxygen atoms in total. The van der Waals surface area contributed by atoms with E-state index in [1.165, 1.54) is 0 Å². The Morgan fingerprint density at radius 2 is 1.29 bits per heavy atom. The van der Waals surface area contributed by atoms with Gasteiger partial charge in [0.15, 0.2) is 0 Å². The monoisotopic (exact) mass is 590 g/mol. The first-order valence-corrected chi connectivity index (χ1v) is 10.8. The lowest BCUT2D eigenvalue weighted by Gasteiger charge is -2.17. The Balaban J connectivity index is 0.000000290. The fourth-order valence-corrected chi connectivity index (χ4v) is 3.26. The molecule has 220 valence electrons. The Labute approximate surface area is 226 Å². The average Bonchev–Trinajstić information content (AvgIpc) is 3.37. The van der Waals surface area contributed by atoms with Crippen molar-refractivity contribution in [3.05, 3.63) is 59.2 Å². The summed E-state index contributed by atoms with van der Waals surface area (Å²) in [4.78, 5) is 44.6. The lowest BCUT2D eigenvalue weighted by Crippen LogP contribution is -2.16. The van der Waals surface area contributed by atoms with Crippen LogP contribution >= 0.6 is 0 Å². The van der Waals surface area contributed by atoms with Gasteiger partial charge in [0.25, 0.3) is 0 Å². The molecule has 0 spiro atoms. The number of benzene rings is 2. The number of amides is 2. The molecule has 0 fully saturated rings. The second-order valence-electron chi connectivity index (χ2n) is 7.92. The maximum atomic E-state index is 13.2. The zero-order valence-corrected chi connectivity index (χ0v) is 21.1. The molecule has 3 rings (SSSR count). The molecule has 0 aliphatic carbocycles. The fraction of sp³-hybridized carbons (Fsp3) is 0.217. The van der Waals surface area contributed by atoms with E-state index in [0.29, 0.717) is 12.1 Å². The molecule has 1 heterocycles. The molecule has 2 amide bonds. The lowest BCUT2D eigenvalue weighted by atomic mass is 10.1. The molecule has 2 aromatic carbocycles. The van der Waals surface area contributed by atoms with Gasteiger partial charge < -0.3 is 26.2 Å². The predicted octanol–water partition coefficient (Wildman–Crippen LogP) is 3.98. The number of methoxy groups -OCH3 is 1. The Morgan fingerprint density at radius 3 is 1.71 bits per heavy atom. The number of halogens is 6. The minimum absolute atomic E-state index is 0.247. The van der Waals surface area contributed by atoms with Gasteiger partial charge in [-0.2, -0.15) is 26.3 Å². The lowest BCUT2D eigenvalue weighted by molar-refractivity contribution is -0.138. The number of nitrogen functional groups attached to an aromatic ring is 1. The molecular weight excluding hydrogens is 570 g/mol. The smallest absolute Gasteiger partial charge is 0.418 e. The van der Waals surface area contributed by atoms with Crippen LogP contribution in [0.25, 0.3) is 5.69 Å². The zero-order chi connectivity index (χ0) is 31.3. The Kier molecular flexibility index (Phi) is 9.65. The Morgan fingerprint density at radius 1 is 0.829 bits per heavy atom. The van der Waals surface area contributed by atoms with Gasteiger partial charge in [0.05, 0.1) is 46.4 Å². The van der Waals surface area contributed by atoms with Gasteiger partial charge in [-0.05, 0) is 24.3 Å². The predicted molar refractivity (Wildman–Crippen MR) is 129 cm³/mol. The van der Waals surface area contributed by atoms with Crippen molar-refractivity contribution in [1.29, 1.82) is 0 Å². The third kappa shape index (κ3) is 8.16. The zero-order valence-electron chi connectivity index (χ0n) is 21.1. The number of aromatic nitrogens is 3. The van der Waals surface area contributed by atoms with Crippen LogP contribution in [0.4, 0.5) is 43.4 Å². The first-order chi connectivity index (χ1) is 18.9. The van der Waals surface area contributed by atoms with Gasteiger partial charge in [-0.25, -0.2) is 9.59 Å². The highest BCUT2D eigenvalue weighted by atomic mass is 19.4. The van der Waals surface area contributed by atoms with Crippen molar-refractivity contribution in [1.82, 2.24) is 14.8 Å². The maximum absolute atomic E-state index is 13.2. The summed E-state index contributed by atoms with van der Waals surface area (Å²) in [6.45, 7) is 2.16. The summed E-state index contributed by atoms with van der Waals surface area (Å²) >= 11 is 0. The van der Waals surface area contributed by atoms with Crippen LogP contribution in [0.15, 0.2) is 36.9 Å². The molecule has 41 heavy (non-hydrogen) atoms. The number of nitrogens with one attached hydrogen (secondary N) is 2. The van der Waals surface area contributed by atoms with Crippen LogP contribution in [0.2, 0.25) is 0 Å². The molecule has 0 radical (unpaired) electrons. The number of esters is 1. The van der Waals surface area contributed by atoms with E-state index in [-0.39, 0.29) is 11.3 Å². The topological polar surface area (TPSA) is 179 Å². The number of anilines is 3. The molecule has 0 saturated carbocycles. The summed E-state index contributed by atoms with van der Waals surface area (Å²) in [6, 6.07) is 2.79. The van der Waals surface area contributed by atoms with Crippen LogP contribution in [0, 0.1) is 0 Å². The van der Waals surface area contributed by atoms with Gasteiger partial charge in [-0.3, -0.25) is 14.2 Å². The molecular formula is C23H20F6N6O6. The van der Waals surface area contributed by atoms with E-state index in [9.17, 15) is 45.5 Å². The number of aromatic carboxylic acids is 1. The molecule has 0 saturated heterocycles. The van der Waals surface area contributed by atoms with Crippen LogP contribution in [0.5, 0.6) is 0 Å². The van der Waals surface area contributed by atoms with Crippen molar-refractivity contribution in [3.63, 3.8) is 0 Å². The summed E-state index contributed by atoms with van der Waals surface area (Å²) in [5, 5.41) is 20.1. The van der Waals surface area contributed by atoms with E-state index in [4.69, 9.17) is 10.8 Å². The SMILES string of the molecule is CC(=O)Nc1cc(C(F)(F)F)c(-n2cnnc2)cc1C(=O)O.COC(=O)c1cc(N)c(C(F)(F)F)cc1NC(C)=O. The number of ether oxygens (including phenoxy) is 1. The van der Waals surface area contributed by atoms with Crippen molar-refractivity contribution in [2.24, 2.45) is 0 Å². The van der Waals surface area contributed by atoms with Crippen LogP contribution in [0.3, 0.4) is 0 Å². The number of carbonyl (C=O) groups excluding carboxylic acids is 3. The third-order valence-electron chi connectivity index (χ3n) is 4.89. The standard InChI is InChI=1S/C12H9F3N4O3.C11H11F3N2O3/c1-6(20)18-9-3-8(12(13,14)15)10(2-7(9)11(21)22)19-4-16-17-5-19;1-5(17)16-9-4-7(11(12,13)14)8(15)3-6(9)10(18)19-2/h2-5H,1H3,(H,18,20)(H,21,22);3-4H,15H2,1-2H3,(H,16,17). The van der Waals surface area contributed by atoms with Crippen LogP contribution in [-0.2, 0) is 26.7 Å². The van der Waals surface area contributed by atoms with Crippen molar-refractivity contribution in [2.75, 3.05) is 23.5 Å². The fourth-order valence-electron chi connectivity index (χ4n) is 3.26. The summed E-state index contributed by atoms with van der Waals surface area (Å²) in [5.74, 6) is -3.69. The maximum Gasteiger partial charge on any atom is 0.418 e. The first-order valence-electron chi connectivity index (χ1n) is 10.8. The minimum atomic E-state index is -4.76. The van der Waals surface area contributed by atoms with Crippen molar-refractivity contribution in [2.45, 2.75) is 26.2 Å². The van der Waals surface area contributed by atoms with Crippen molar-refractivity contribution < 1.29 is 55.4 Å². The van der Waals surface area contributed by atoms with Gasteiger partial charge in [-0.15, -0.1) is 10.2 Å². The Bertz CT molecular complexity index is 1470. The number of hydrogen-bond donors (Lipinski definition) is 4. The van der Waals surface area contributed by atoms with Gasteiger partial charge in [-0.1, -0.05) is 0 Å². The molecule has 5 N–H and O–H groups in total. The average molecular weight is 590 g/mol. The van der Waals surface area contributed by atoms with Gasteiger partial charge in [0, 0.05) is 19.5 Å². The highest BCUT2D eigenvalue weighted by molar-refractivity contribution is 6.02. The number of nitrogens with zero attached hydrogens (tertiary/aromatic N) is 3. The van der Waals surface area contributed by atoms with Gasteiger partial charge in [0.2, 0.25) is 11.8 Å². The normalized spacial score (nSPS) is 11.1. The number of carboxylic acids is 1. The summed E-state index contributed by atoms with van der Waals surface area (Å²) < 4.78 is 82.9. The van der Waals surface area contributed by atoms with Crippen LogP contribution < -0.4 is 16.4 Å². The molecule has 0 aliphatic heterocycles. The van der Waals surface area contributed by atoms with E-state index < -0.39 is 69.9 Å². The molecule has 3 aromatic rings. The highest BCUT2D eigenvalue weighted by Gasteiger charge is 2.36. The highest BCUT2D eigenvalue weighted by Crippen LogP contribution is 2.38. The largest absolute Gasteiger partial charge is 0.478 e. The third-order valence-corrected chi connectivity index (χ3v) is 4.89. The van der Waals surface area contributed by atoms with Crippen molar-refractivity contribution in [3.8, 4) is 5.69 Å². The first kappa shape index (κ1) is 32.1. The number of carboxylic acid groups (broad SMARTS) is 1. The summed E-state index contributed by atoms with van der Waals surface area (Å²) in [5.41, 5.74) is 0.450. The molecule has 1 aromatic heterocycles. The van der Waals surface area contributed by atoms with E-state index in [0.717, 1.165) is 50.3 Å². The second kappa shape index (κ2) is 12.3. The van der Waals surface area contributed by atoms with Gasteiger partial charge >= 0.3 is 24.3 Å². The van der Waals surface area contributed by atoms with E-state index >= 15 is 0 Å². The number of hydrogen-bond acceptors (Lipinski definition) is 8. The molecule has 0 bridgehead atoms. The van der Waals surface area contributed by atoms with E-state index in [1.54, 1.807) is 0 Å². The second-order valence-corrected chi connectivity index (χ2v) is 7.92. The number of nitrogens with two attached hydrogens (primary N) is 1. The minimum Gasteiger partial charge on any atom is -0.478 e. The quantitative estimate of drug-likeness (QED) is 0.194. The number of alkyl halides is 6. The van der Waals surface area contributed by atoms with Crippen molar-refractivity contribution >= 4 is 40.8 Å². The summed E-state index contributed by atoms with van der Waals surface area (Å²) in [6.07, 6.45) is -7.43. The Hall–Kier alpha value is -5.16. The molecule has 18 heteroatoms. The molecule has 0 unspecified atom stereocenters. The number of rotatable bonds is 5. The summed E-state index contributed by atoms with van der Waals surface area (Å²) in [7, 11) is 1.06. The molecule has 0 atom stereocenters. The van der Waals surface area contributed by atoms with E-state index in [1.807, 2.05) is 0 Å². The van der Waals surface area contributed by atoms with Crippen LogP contribution in [0.1, 0.15) is 45.7 Å². The van der Waals surface area contributed by atoms with E-state index in [2.05, 4.69) is 25.6 Å². The number of carbonyl (C=O) groups is 4. The van der Waals surface area contributed by atoms with Crippen LogP contribution in [-0.4, -0.2) is 50.7 Å².